The fraction of sp³-hybridized carbons (Fsp3) is 0.368. The fourth-order valence-corrected chi connectivity index (χ4v) is 6.86. The third kappa shape index (κ3) is 4.24. The van der Waals surface area contributed by atoms with Gasteiger partial charge in [-0.15, -0.1) is 0 Å². The van der Waals surface area contributed by atoms with E-state index >= 15 is 0 Å². The lowest BCUT2D eigenvalue weighted by molar-refractivity contribution is 0.125. The maximum Gasteiger partial charge on any atom is 0.243 e. The zero-order chi connectivity index (χ0) is 19.8. The van der Waals surface area contributed by atoms with E-state index in [4.69, 9.17) is 0 Å². The molecule has 0 aliphatic carbocycles. The molecular formula is C19H23NO5S2. The lowest BCUT2D eigenvalue weighted by Crippen LogP contribution is -2.46. The average molecular weight is 410 g/mol. The summed E-state index contributed by atoms with van der Waals surface area (Å²) in [6.07, 6.45) is -1.25. The van der Waals surface area contributed by atoms with Gasteiger partial charge in [0.1, 0.15) is 0 Å². The Kier molecular flexibility index (Phi) is 5.45. The number of hydrogen-bond donors (Lipinski definition) is 1. The summed E-state index contributed by atoms with van der Waals surface area (Å²) in [5.74, 6) is -0.809. The van der Waals surface area contributed by atoms with E-state index in [2.05, 4.69) is 0 Å². The van der Waals surface area contributed by atoms with Crippen molar-refractivity contribution in [3.63, 3.8) is 0 Å². The minimum Gasteiger partial charge on any atom is -0.390 e. The van der Waals surface area contributed by atoms with Gasteiger partial charge in [0.2, 0.25) is 10.0 Å². The van der Waals surface area contributed by atoms with Crippen LogP contribution in [0.5, 0.6) is 0 Å². The lowest BCUT2D eigenvalue weighted by atomic mass is 10.1. The second-order valence-electron chi connectivity index (χ2n) is 6.99. The molecule has 1 N–H and O–H groups in total. The number of aryl methyl sites for hydroxylation is 2. The van der Waals surface area contributed by atoms with Crippen molar-refractivity contribution in [2.45, 2.75) is 37.4 Å². The van der Waals surface area contributed by atoms with Crippen molar-refractivity contribution in [3.05, 3.63) is 65.2 Å². The molecule has 0 radical (unpaired) electrons. The highest BCUT2D eigenvalue weighted by molar-refractivity contribution is 7.92. The number of hydrogen-bond acceptors (Lipinski definition) is 5. The van der Waals surface area contributed by atoms with Crippen LogP contribution in [-0.2, 0) is 26.4 Å². The van der Waals surface area contributed by atoms with E-state index in [0.717, 1.165) is 21.0 Å². The van der Waals surface area contributed by atoms with E-state index in [0.29, 0.717) is 0 Å². The first-order chi connectivity index (χ1) is 12.6. The number of aliphatic hydroxyl groups excluding tert-OH is 1. The second kappa shape index (κ2) is 7.35. The normalized spacial score (nSPS) is 22.2. The van der Waals surface area contributed by atoms with Gasteiger partial charge in [0.25, 0.3) is 0 Å². The molecule has 27 heavy (non-hydrogen) atoms. The Labute approximate surface area is 160 Å². The van der Waals surface area contributed by atoms with Gasteiger partial charge in [-0.2, -0.15) is 4.31 Å². The molecule has 2 atom stereocenters. The molecule has 0 amide bonds. The Bertz CT molecular complexity index is 1030. The first-order valence-electron chi connectivity index (χ1n) is 8.62. The molecule has 2 aromatic rings. The molecule has 1 fully saturated rings. The van der Waals surface area contributed by atoms with Gasteiger partial charge in [0, 0.05) is 6.54 Å². The summed E-state index contributed by atoms with van der Waals surface area (Å²) < 4.78 is 51.8. The zero-order valence-corrected chi connectivity index (χ0v) is 16.9. The molecular weight excluding hydrogens is 386 g/mol. The quantitative estimate of drug-likeness (QED) is 0.811. The summed E-state index contributed by atoms with van der Waals surface area (Å²) in [6, 6.07) is 12.8. The first kappa shape index (κ1) is 20.0. The minimum atomic E-state index is -4.00. The summed E-state index contributed by atoms with van der Waals surface area (Å²) in [5, 5.41) is 10.3. The van der Waals surface area contributed by atoms with E-state index in [9.17, 15) is 21.9 Å². The molecule has 1 aliphatic heterocycles. The maximum absolute atomic E-state index is 13.4. The van der Waals surface area contributed by atoms with Gasteiger partial charge < -0.3 is 5.11 Å². The number of rotatable bonds is 5. The minimum absolute atomic E-state index is 0.00660. The van der Waals surface area contributed by atoms with Crippen LogP contribution in [0.3, 0.4) is 0 Å². The number of aliphatic hydroxyl groups is 1. The smallest absolute Gasteiger partial charge is 0.243 e. The average Bonchev–Trinajstić information content (AvgIpc) is 2.88. The van der Waals surface area contributed by atoms with Crippen molar-refractivity contribution < 1.29 is 21.9 Å². The molecule has 2 aromatic carbocycles. The lowest BCUT2D eigenvalue weighted by Gasteiger charge is -2.29. The predicted octanol–water partition coefficient (Wildman–Crippen LogP) is 1.65. The van der Waals surface area contributed by atoms with Gasteiger partial charge in [-0.3, -0.25) is 0 Å². The van der Waals surface area contributed by atoms with Crippen LogP contribution >= 0.6 is 0 Å². The van der Waals surface area contributed by atoms with E-state index < -0.39 is 37.8 Å². The largest absolute Gasteiger partial charge is 0.390 e. The first-order valence-corrected chi connectivity index (χ1v) is 11.9. The maximum atomic E-state index is 13.4. The monoisotopic (exact) mass is 409 g/mol. The number of nitrogens with zero attached hydrogens (tertiary/aromatic N) is 1. The van der Waals surface area contributed by atoms with E-state index in [-0.39, 0.29) is 17.2 Å². The summed E-state index contributed by atoms with van der Waals surface area (Å²) in [4.78, 5) is 0.0954. The highest BCUT2D eigenvalue weighted by Gasteiger charge is 2.44. The van der Waals surface area contributed by atoms with Crippen molar-refractivity contribution in [3.8, 4) is 0 Å². The van der Waals surface area contributed by atoms with Crippen LogP contribution in [0.25, 0.3) is 0 Å². The summed E-state index contributed by atoms with van der Waals surface area (Å²) in [5.41, 5.74) is 2.52. The van der Waals surface area contributed by atoms with Gasteiger partial charge in [0.05, 0.1) is 28.5 Å². The van der Waals surface area contributed by atoms with Crippen LogP contribution in [0, 0.1) is 13.8 Å². The molecule has 0 bridgehead atoms. The topological polar surface area (TPSA) is 91.8 Å². The molecule has 1 saturated heterocycles. The van der Waals surface area contributed by atoms with E-state index in [1.165, 1.54) is 6.07 Å². The van der Waals surface area contributed by atoms with Crippen molar-refractivity contribution in [1.29, 1.82) is 0 Å². The highest BCUT2D eigenvalue weighted by atomic mass is 32.2. The van der Waals surface area contributed by atoms with Crippen LogP contribution in [-0.4, -0.2) is 49.9 Å². The van der Waals surface area contributed by atoms with E-state index in [1.54, 1.807) is 36.4 Å². The van der Waals surface area contributed by atoms with Crippen LogP contribution in [0.15, 0.2) is 53.4 Å². The summed E-state index contributed by atoms with van der Waals surface area (Å²) in [6.45, 7) is 3.71. The Balaban J connectivity index is 2.06. The Hall–Kier alpha value is -1.74. The predicted molar refractivity (Wildman–Crippen MR) is 104 cm³/mol. The van der Waals surface area contributed by atoms with Gasteiger partial charge in [0.15, 0.2) is 9.84 Å². The second-order valence-corrected chi connectivity index (χ2v) is 11.0. The molecule has 6 nitrogen and oxygen atoms in total. The van der Waals surface area contributed by atoms with E-state index in [1.807, 2.05) is 19.9 Å². The number of sulfone groups is 1. The third-order valence-electron chi connectivity index (χ3n) is 4.93. The third-order valence-corrected chi connectivity index (χ3v) is 8.50. The van der Waals surface area contributed by atoms with Crippen LogP contribution in [0.1, 0.15) is 16.7 Å². The highest BCUT2D eigenvalue weighted by Crippen LogP contribution is 2.28. The van der Waals surface area contributed by atoms with Crippen molar-refractivity contribution >= 4 is 19.9 Å². The van der Waals surface area contributed by atoms with Crippen LogP contribution < -0.4 is 0 Å². The molecule has 0 unspecified atom stereocenters. The zero-order valence-electron chi connectivity index (χ0n) is 15.2. The molecule has 0 aromatic heterocycles. The summed E-state index contributed by atoms with van der Waals surface area (Å²) >= 11 is 0. The fourth-order valence-electron chi connectivity index (χ4n) is 3.24. The standard InChI is InChI=1S/C19H23NO5S2/c1-14-8-9-17(10-15(14)2)27(24,25)20(11-16-6-4-3-5-7-16)18-12-26(22,23)13-19(18)21/h3-10,18-19,21H,11-13H2,1-2H3/t18-,19-/m0/s1. The van der Waals surface area contributed by atoms with Crippen molar-refractivity contribution in [2.24, 2.45) is 0 Å². The Morgan fingerprint density at radius 1 is 1.04 bits per heavy atom. The molecule has 0 saturated carbocycles. The SMILES string of the molecule is Cc1ccc(S(=O)(=O)N(Cc2ccccc2)[C@H]2CS(=O)(=O)C[C@@H]2O)cc1C. The Morgan fingerprint density at radius 2 is 1.70 bits per heavy atom. The van der Waals surface area contributed by atoms with Gasteiger partial charge in [-0.25, -0.2) is 16.8 Å². The number of benzene rings is 2. The summed E-state index contributed by atoms with van der Waals surface area (Å²) in [7, 11) is -7.49. The molecule has 8 heteroatoms. The van der Waals surface area contributed by atoms with Gasteiger partial charge in [-0.05, 0) is 42.7 Å². The molecule has 0 spiro atoms. The van der Waals surface area contributed by atoms with Gasteiger partial charge >= 0.3 is 0 Å². The molecule has 3 rings (SSSR count). The van der Waals surface area contributed by atoms with Gasteiger partial charge in [-0.1, -0.05) is 36.4 Å². The van der Waals surface area contributed by atoms with Crippen LogP contribution in [0.4, 0.5) is 0 Å². The molecule has 146 valence electrons. The molecule has 1 heterocycles. The van der Waals surface area contributed by atoms with Crippen molar-refractivity contribution in [1.82, 2.24) is 4.31 Å². The number of sulfonamides is 1. The Morgan fingerprint density at radius 3 is 2.26 bits per heavy atom. The molecule has 1 aliphatic rings. The van der Waals surface area contributed by atoms with Crippen LogP contribution in [0.2, 0.25) is 0 Å². The van der Waals surface area contributed by atoms with Crippen molar-refractivity contribution in [2.75, 3.05) is 11.5 Å².